The third-order valence-corrected chi connectivity index (χ3v) is 3.69. The molecule has 1 aromatic carbocycles. The van der Waals surface area contributed by atoms with E-state index in [0.29, 0.717) is 12.2 Å². The summed E-state index contributed by atoms with van der Waals surface area (Å²) in [5.74, 6) is 1.10. The van der Waals surface area contributed by atoms with E-state index in [0.717, 1.165) is 23.7 Å². The second kappa shape index (κ2) is 7.19. The molecule has 0 radical (unpaired) electrons. The number of hydrogen-bond acceptors (Lipinski definition) is 3. The van der Waals surface area contributed by atoms with E-state index in [1.54, 1.807) is 0 Å². The molecule has 1 amide bonds. The van der Waals surface area contributed by atoms with Crippen molar-refractivity contribution in [3.05, 3.63) is 30.0 Å². The minimum atomic E-state index is -0.0951. The zero-order chi connectivity index (χ0) is 13.5. The standard InChI is InChI=1S/C14H19N3OS/c1-19-10-6-2-5-9-15-14(18)13-11-7-3-4-8-12(11)16-17-13/h3-4,7-8H,2,5-6,9-10H2,1H3,(H,15,18)(H,16,17). The van der Waals surface area contributed by atoms with E-state index >= 15 is 0 Å². The molecule has 4 nitrogen and oxygen atoms in total. The van der Waals surface area contributed by atoms with Crippen molar-refractivity contribution < 1.29 is 4.79 Å². The van der Waals surface area contributed by atoms with E-state index in [9.17, 15) is 4.79 Å². The number of hydrogen-bond donors (Lipinski definition) is 2. The van der Waals surface area contributed by atoms with Crippen LogP contribution in [-0.2, 0) is 0 Å². The van der Waals surface area contributed by atoms with Crippen molar-refractivity contribution in [2.75, 3.05) is 18.6 Å². The highest BCUT2D eigenvalue weighted by Gasteiger charge is 2.12. The van der Waals surface area contributed by atoms with Gasteiger partial charge in [-0.25, -0.2) is 0 Å². The van der Waals surface area contributed by atoms with Crippen LogP contribution < -0.4 is 5.32 Å². The number of carbonyl (C=O) groups excluding carboxylic acids is 1. The van der Waals surface area contributed by atoms with E-state index in [1.807, 2.05) is 36.0 Å². The van der Waals surface area contributed by atoms with Crippen molar-refractivity contribution in [3.63, 3.8) is 0 Å². The van der Waals surface area contributed by atoms with Gasteiger partial charge in [0.15, 0.2) is 5.69 Å². The summed E-state index contributed by atoms with van der Waals surface area (Å²) in [5, 5.41) is 10.8. The van der Waals surface area contributed by atoms with E-state index in [2.05, 4.69) is 21.8 Å². The van der Waals surface area contributed by atoms with Gasteiger partial charge in [-0.2, -0.15) is 16.9 Å². The average molecular weight is 277 g/mol. The predicted molar refractivity (Wildman–Crippen MR) is 80.7 cm³/mol. The van der Waals surface area contributed by atoms with Crippen LogP contribution in [0.2, 0.25) is 0 Å². The molecule has 2 rings (SSSR count). The third kappa shape index (κ3) is 3.73. The Balaban J connectivity index is 1.83. The zero-order valence-electron chi connectivity index (χ0n) is 11.1. The maximum Gasteiger partial charge on any atom is 0.272 e. The number of carbonyl (C=O) groups is 1. The first kappa shape index (κ1) is 13.9. The highest BCUT2D eigenvalue weighted by atomic mass is 32.2. The van der Waals surface area contributed by atoms with E-state index in [1.165, 1.54) is 12.2 Å². The smallest absolute Gasteiger partial charge is 0.272 e. The van der Waals surface area contributed by atoms with Crippen LogP contribution in [0.25, 0.3) is 10.9 Å². The number of thioether (sulfide) groups is 1. The summed E-state index contributed by atoms with van der Waals surface area (Å²) in [6, 6.07) is 7.67. The highest BCUT2D eigenvalue weighted by molar-refractivity contribution is 7.98. The SMILES string of the molecule is CSCCCCCNC(=O)c1n[nH]c2ccccc12. The number of fused-ring (bicyclic) bond motifs is 1. The Labute approximate surface area is 117 Å². The number of rotatable bonds is 7. The fraction of sp³-hybridized carbons (Fsp3) is 0.429. The summed E-state index contributed by atoms with van der Waals surface area (Å²) in [6.45, 7) is 0.717. The minimum Gasteiger partial charge on any atom is -0.351 e. The van der Waals surface area contributed by atoms with Crippen LogP contribution in [0.1, 0.15) is 29.8 Å². The number of unbranched alkanes of at least 4 members (excludes halogenated alkanes) is 2. The van der Waals surface area contributed by atoms with Crippen molar-refractivity contribution >= 4 is 28.6 Å². The second-order valence-electron chi connectivity index (χ2n) is 4.43. The maximum absolute atomic E-state index is 12.0. The molecule has 0 fully saturated rings. The van der Waals surface area contributed by atoms with Gasteiger partial charge in [-0.15, -0.1) is 0 Å². The molecule has 102 valence electrons. The summed E-state index contributed by atoms with van der Waals surface area (Å²) < 4.78 is 0. The molecular formula is C14H19N3OS. The van der Waals surface area contributed by atoms with Gasteiger partial charge in [-0.1, -0.05) is 24.6 Å². The van der Waals surface area contributed by atoms with Gasteiger partial charge in [0.25, 0.3) is 5.91 Å². The molecule has 1 heterocycles. The topological polar surface area (TPSA) is 57.8 Å². The molecule has 5 heteroatoms. The first-order chi connectivity index (χ1) is 9.33. The molecule has 0 saturated heterocycles. The molecule has 0 aliphatic carbocycles. The van der Waals surface area contributed by atoms with Crippen LogP contribution in [-0.4, -0.2) is 34.7 Å². The van der Waals surface area contributed by atoms with Gasteiger partial charge in [0.2, 0.25) is 0 Å². The molecule has 0 saturated carbocycles. The Morgan fingerprint density at radius 2 is 2.16 bits per heavy atom. The number of amides is 1. The lowest BCUT2D eigenvalue weighted by Gasteiger charge is -2.03. The molecule has 2 N–H and O–H groups in total. The van der Waals surface area contributed by atoms with Gasteiger partial charge >= 0.3 is 0 Å². The Morgan fingerprint density at radius 3 is 3.00 bits per heavy atom. The van der Waals surface area contributed by atoms with Crippen molar-refractivity contribution in [1.29, 1.82) is 0 Å². The molecule has 0 atom stereocenters. The lowest BCUT2D eigenvalue weighted by atomic mass is 10.2. The van der Waals surface area contributed by atoms with E-state index in [-0.39, 0.29) is 5.91 Å². The summed E-state index contributed by atoms with van der Waals surface area (Å²) in [5.41, 5.74) is 1.38. The second-order valence-corrected chi connectivity index (χ2v) is 5.41. The molecule has 0 spiro atoms. The van der Waals surface area contributed by atoms with Crippen LogP contribution in [0.5, 0.6) is 0 Å². The summed E-state index contributed by atoms with van der Waals surface area (Å²) in [7, 11) is 0. The number of H-pyrrole nitrogens is 1. The highest BCUT2D eigenvalue weighted by Crippen LogP contribution is 2.14. The van der Waals surface area contributed by atoms with Gasteiger partial charge in [0.1, 0.15) is 0 Å². The van der Waals surface area contributed by atoms with Crippen molar-refractivity contribution in [2.24, 2.45) is 0 Å². The quantitative estimate of drug-likeness (QED) is 0.765. The number of aromatic amines is 1. The molecule has 1 aromatic heterocycles. The number of benzene rings is 1. The lowest BCUT2D eigenvalue weighted by Crippen LogP contribution is -2.25. The minimum absolute atomic E-state index is 0.0951. The van der Waals surface area contributed by atoms with Crippen molar-refractivity contribution in [3.8, 4) is 0 Å². The molecule has 0 aliphatic rings. The Morgan fingerprint density at radius 1 is 1.32 bits per heavy atom. The molecule has 0 bridgehead atoms. The van der Waals surface area contributed by atoms with E-state index in [4.69, 9.17) is 0 Å². The van der Waals surface area contributed by atoms with E-state index < -0.39 is 0 Å². The van der Waals surface area contributed by atoms with Crippen LogP contribution in [0.15, 0.2) is 24.3 Å². The zero-order valence-corrected chi connectivity index (χ0v) is 11.9. The molecular weight excluding hydrogens is 258 g/mol. The maximum atomic E-state index is 12.0. The number of nitrogens with one attached hydrogen (secondary N) is 2. The van der Waals surface area contributed by atoms with Crippen molar-refractivity contribution in [1.82, 2.24) is 15.5 Å². The fourth-order valence-electron chi connectivity index (χ4n) is 1.97. The Hall–Kier alpha value is -1.49. The van der Waals surface area contributed by atoms with Gasteiger partial charge in [0, 0.05) is 11.9 Å². The Kier molecular flexibility index (Phi) is 5.27. The van der Waals surface area contributed by atoms with Gasteiger partial charge < -0.3 is 5.32 Å². The lowest BCUT2D eigenvalue weighted by molar-refractivity contribution is 0.0949. The molecule has 19 heavy (non-hydrogen) atoms. The molecule has 0 unspecified atom stereocenters. The number of para-hydroxylation sites is 1. The van der Waals surface area contributed by atoms with Gasteiger partial charge in [-0.05, 0) is 30.9 Å². The summed E-state index contributed by atoms with van der Waals surface area (Å²) in [6.07, 6.45) is 5.50. The summed E-state index contributed by atoms with van der Waals surface area (Å²) in [4.78, 5) is 12.0. The predicted octanol–water partition coefficient (Wildman–Crippen LogP) is 2.83. The van der Waals surface area contributed by atoms with Crippen LogP contribution in [0.4, 0.5) is 0 Å². The molecule has 2 aromatic rings. The van der Waals surface area contributed by atoms with Gasteiger partial charge in [-0.3, -0.25) is 9.89 Å². The van der Waals surface area contributed by atoms with Crippen LogP contribution in [0.3, 0.4) is 0 Å². The number of aromatic nitrogens is 2. The van der Waals surface area contributed by atoms with Crippen LogP contribution >= 0.6 is 11.8 Å². The Bertz CT molecular complexity index is 538. The first-order valence-corrected chi connectivity index (χ1v) is 7.92. The van der Waals surface area contributed by atoms with Gasteiger partial charge in [0.05, 0.1) is 5.52 Å². The summed E-state index contributed by atoms with van der Waals surface area (Å²) >= 11 is 1.86. The molecule has 0 aliphatic heterocycles. The first-order valence-electron chi connectivity index (χ1n) is 6.53. The third-order valence-electron chi connectivity index (χ3n) is 3.00. The number of nitrogens with zero attached hydrogens (tertiary/aromatic N) is 1. The normalized spacial score (nSPS) is 10.8. The monoisotopic (exact) mass is 277 g/mol. The average Bonchev–Trinajstić information content (AvgIpc) is 2.86. The van der Waals surface area contributed by atoms with Crippen LogP contribution in [0, 0.1) is 0 Å². The fourth-order valence-corrected chi connectivity index (χ4v) is 2.46. The largest absolute Gasteiger partial charge is 0.351 e. The van der Waals surface area contributed by atoms with Crippen molar-refractivity contribution in [2.45, 2.75) is 19.3 Å².